The fraction of sp³-hybridized carbons (Fsp3) is 0.250. The Labute approximate surface area is 151 Å². The molecule has 0 spiro atoms. The van der Waals surface area contributed by atoms with Gasteiger partial charge in [-0.25, -0.2) is 9.59 Å². The number of ether oxygens (including phenoxy) is 1. The number of hydrogen-bond donors (Lipinski definition) is 2. The van der Waals surface area contributed by atoms with Gasteiger partial charge in [-0.1, -0.05) is 17.7 Å². The summed E-state index contributed by atoms with van der Waals surface area (Å²) in [6.07, 6.45) is 4.40. The molecule has 2 aromatic rings. The van der Waals surface area contributed by atoms with Gasteiger partial charge in [-0.3, -0.25) is 0 Å². The lowest BCUT2D eigenvalue weighted by atomic mass is 10.0. The van der Waals surface area contributed by atoms with Gasteiger partial charge in [0.25, 0.3) is 0 Å². The number of halogens is 2. The Bertz CT molecular complexity index is 782. The Morgan fingerprint density at radius 2 is 2.17 bits per heavy atom. The van der Waals surface area contributed by atoms with Crippen LogP contribution < -0.4 is 0 Å². The standard InChI is InChI=1S/C16H15ClINO4/c1-2-23-12(20)6-4-3-5-9-7-10(17)8-11-13(9)14(18)15(19-11)16(21)22/h4,6-8,19H,2-3,5H2,1H3,(H,21,22). The molecule has 7 heteroatoms. The predicted molar refractivity (Wildman–Crippen MR) is 97.1 cm³/mol. The van der Waals surface area contributed by atoms with Crippen LogP contribution in [-0.2, 0) is 16.0 Å². The van der Waals surface area contributed by atoms with Crippen molar-refractivity contribution >= 4 is 57.0 Å². The maximum atomic E-state index is 11.3. The molecule has 2 rings (SSSR count). The first-order valence-corrected chi connectivity index (χ1v) is 8.45. The van der Waals surface area contributed by atoms with E-state index in [4.69, 9.17) is 16.3 Å². The van der Waals surface area contributed by atoms with Crippen LogP contribution in [0.15, 0.2) is 24.3 Å². The summed E-state index contributed by atoms with van der Waals surface area (Å²) in [7, 11) is 0. The molecule has 0 saturated heterocycles. The van der Waals surface area contributed by atoms with Crippen molar-refractivity contribution in [3.63, 3.8) is 0 Å². The highest BCUT2D eigenvalue weighted by molar-refractivity contribution is 14.1. The Morgan fingerprint density at radius 3 is 2.83 bits per heavy atom. The topological polar surface area (TPSA) is 79.4 Å². The maximum absolute atomic E-state index is 11.3. The lowest BCUT2D eigenvalue weighted by Gasteiger charge is -2.04. The minimum atomic E-state index is -1.00. The minimum Gasteiger partial charge on any atom is -0.477 e. The Kier molecular flexibility index (Phi) is 6.06. The highest BCUT2D eigenvalue weighted by Gasteiger charge is 2.17. The number of aromatic carboxylic acids is 1. The third-order valence-electron chi connectivity index (χ3n) is 3.22. The van der Waals surface area contributed by atoms with Crippen LogP contribution in [0, 0.1) is 3.57 Å². The maximum Gasteiger partial charge on any atom is 0.353 e. The number of carbonyl (C=O) groups excluding carboxylic acids is 1. The van der Waals surface area contributed by atoms with E-state index in [0.717, 1.165) is 10.9 Å². The number of aromatic nitrogens is 1. The van der Waals surface area contributed by atoms with Crippen LogP contribution in [0.4, 0.5) is 0 Å². The van der Waals surface area contributed by atoms with Gasteiger partial charge in [-0.2, -0.15) is 0 Å². The van der Waals surface area contributed by atoms with E-state index < -0.39 is 5.97 Å². The number of H-pyrrole nitrogens is 1. The lowest BCUT2D eigenvalue weighted by molar-refractivity contribution is -0.137. The largest absolute Gasteiger partial charge is 0.477 e. The molecule has 5 nitrogen and oxygen atoms in total. The molecule has 122 valence electrons. The van der Waals surface area contributed by atoms with Crippen molar-refractivity contribution in [2.75, 3.05) is 6.61 Å². The number of allylic oxidation sites excluding steroid dienone is 1. The molecule has 0 aliphatic carbocycles. The van der Waals surface area contributed by atoms with E-state index in [2.05, 4.69) is 4.98 Å². The number of rotatable bonds is 6. The zero-order chi connectivity index (χ0) is 17.0. The normalized spacial score (nSPS) is 11.3. The van der Waals surface area contributed by atoms with Gasteiger partial charge < -0.3 is 14.8 Å². The number of nitrogens with one attached hydrogen (secondary N) is 1. The highest BCUT2D eigenvalue weighted by atomic mass is 127. The molecular weight excluding hydrogens is 433 g/mol. The first-order valence-electron chi connectivity index (χ1n) is 7.00. The molecule has 23 heavy (non-hydrogen) atoms. The monoisotopic (exact) mass is 447 g/mol. The summed E-state index contributed by atoms with van der Waals surface area (Å²) in [6.45, 7) is 2.10. The van der Waals surface area contributed by atoms with Gasteiger partial charge in [0.15, 0.2) is 0 Å². The van der Waals surface area contributed by atoms with Crippen LogP contribution >= 0.6 is 34.2 Å². The minimum absolute atomic E-state index is 0.159. The van der Waals surface area contributed by atoms with Crippen LogP contribution in [0.5, 0.6) is 0 Å². The molecule has 0 bridgehead atoms. The number of aryl methyl sites for hydroxylation is 1. The van der Waals surface area contributed by atoms with Gasteiger partial charge in [0, 0.05) is 22.0 Å². The van der Waals surface area contributed by atoms with Crippen molar-refractivity contribution in [2.45, 2.75) is 19.8 Å². The van der Waals surface area contributed by atoms with Gasteiger partial charge in [0.05, 0.1) is 10.2 Å². The average Bonchev–Trinajstić information content (AvgIpc) is 2.81. The molecule has 0 fully saturated rings. The van der Waals surface area contributed by atoms with Crippen LogP contribution in [0.2, 0.25) is 5.02 Å². The molecule has 0 radical (unpaired) electrons. The van der Waals surface area contributed by atoms with Gasteiger partial charge in [-0.15, -0.1) is 0 Å². The molecule has 0 aliphatic heterocycles. The van der Waals surface area contributed by atoms with Crippen molar-refractivity contribution in [1.82, 2.24) is 4.98 Å². The highest BCUT2D eigenvalue weighted by Crippen LogP contribution is 2.31. The number of benzene rings is 1. The lowest BCUT2D eigenvalue weighted by Crippen LogP contribution is -1.99. The molecule has 1 aromatic carbocycles. The summed E-state index contributed by atoms with van der Waals surface area (Å²) in [6, 6.07) is 3.53. The molecule has 0 unspecified atom stereocenters. The Balaban J connectivity index is 2.26. The van der Waals surface area contributed by atoms with Crippen molar-refractivity contribution in [1.29, 1.82) is 0 Å². The molecule has 0 aliphatic rings. The summed E-state index contributed by atoms with van der Waals surface area (Å²) in [4.78, 5) is 25.4. The van der Waals surface area contributed by atoms with E-state index in [1.54, 1.807) is 19.1 Å². The van der Waals surface area contributed by atoms with Gasteiger partial charge in [0.2, 0.25) is 0 Å². The van der Waals surface area contributed by atoms with Crippen molar-refractivity contribution in [3.05, 3.63) is 44.1 Å². The number of carbonyl (C=O) groups is 2. The van der Waals surface area contributed by atoms with E-state index in [1.807, 2.05) is 28.7 Å². The third-order valence-corrected chi connectivity index (χ3v) is 4.52. The molecule has 0 amide bonds. The first kappa shape index (κ1) is 17.8. The quantitative estimate of drug-likeness (QED) is 0.396. The summed E-state index contributed by atoms with van der Waals surface area (Å²) in [5.41, 5.74) is 1.80. The van der Waals surface area contributed by atoms with Gasteiger partial charge >= 0.3 is 11.9 Å². The molecule has 1 heterocycles. The number of carboxylic acids is 1. The molecule has 0 atom stereocenters. The van der Waals surface area contributed by atoms with E-state index in [9.17, 15) is 14.7 Å². The SMILES string of the molecule is CCOC(=O)C=CCCc1cc(Cl)cc2[nH]c(C(=O)O)c(I)c12. The second kappa shape index (κ2) is 7.83. The molecule has 1 aromatic heterocycles. The fourth-order valence-electron chi connectivity index (χ4n) is 2.29. The van der Waals surface area contributed by atoms with Crippen LogP contribution in [0.3, 0.4) is 0 Å². The van der Waals surface area contributed by atoms with Gasteiger partial charge in [-0.05, 0) is 60.1 Å². The molecule has 2 N–H and O–H groups in total. The Hall–Kier alpha value is -1.54. The van der Waals surface area contributed by atoms with Crippen LogP contribution in [-0.4, -0.2) is 28.6 Å². The van der Waals surface area contributed by atoms with E-state index in [-0.39, 0.29) is 11.7 Å². The second-order valence-corrected chi connectivity index (χ2v) is 6.31. The summed E-state index contributed by atoms with van der Waals surface area (Å²) >= 11 is 8.13. The van der Waals surface area contributed by atoms with E-state index in [0.29, 0.717) is 33.6 Å². The smallest absolute Gasteiger partial charge is 0.353 e. The summed E-state index contributed by atoms with van der Waals surface area (Å²) in [5.74, 6) is -1.37. The molecular formula is C16H15ClINO4. The van der Waals surface area contributed by atoms with Crippen molar-refractivity contribution in [2.24, 2.45) is 0 Å². The van der Waals surface area contributed by atoms with Crippen molar-refractivity contribution < 1.29 is 19.4 Å². The number of aromatic amines is 1. The zero-order valence-corrected chi connectivity index (χ0v) is 15.3. The average molecular weight is 448 g/mol. The fourth-order valence-corrected chi connectivity index (χ4v) is 3.53. The zero-order valence-electron chi connectivity index (χ0n) is 12.4. The third kappa shape index (κ3) is 4.26. The van der Waals surface area contributed by atoms with E-state index in [1.165, 1.54) is 6.08 Å². The number of esters is 1. The Morgan fingerprint density at radius 1 is 1.43 bits per heavy atom. The van der Waals surface area contributed by atoms with Gasteiger partial charge in [0.1, 0.15) is 5.69 Å². The van der Waals surface area contributed by atoms with Crippen LogP contribution in [0.25, 0.3) is 10.9 Å². The van der Waals surface area contributed by atoms with Crippen molar-refractivity contribution in [3.8, 4) is 0 Å². The number of hydrogen-bond acceptors (Lipinski definition) is 3. The molecule has 0 saturated carbocycles. The summed E-state index contributed by atoms with van der Waals surface area (Å²) < 4.78 is 5.47. The second-order valence-electron chi connectivity index (χ2n) is 4.80. The number of fused-ring (bicyclic) bond motifs is 1. The summed E-state index contributed by atoms with van der Waals surface area (Å²) in [5, 5.41) is 10.6. The van der Waals surface area contributed by atoms with Crippen LogP contribution in [0.1, 0.15) is 29.4 Å². The predicted octanol–water partition coefficient (Wildman–Crippen LogP) is 4.18. The first-order chi connectivity index (χ1) is 10.9. The van der Waals surface area contributed by atoms with E-state index >= 15 is 0 Å². The number of carboxylic acid groups (broad SMARTS) is 1.